The molecule has 0 atom stereocenters. The summed E-state index contributed by atoms with van der Waals surface area (Å²) in [5, 5.41) is 0. The van der Waals surface area contributed by atoms with Crippen LogP contribution in [0, 0.1) is 5.92 Å². The molecule has 0 saturated heterocycles. The van der Waals surface area contributed by atoms with Crippen LogP contribution in [0.15, 0.2) is 60.7 Å². The Bertz CT molecular complexity index is 651. The third kappa shape index (κ3) is 10.9. The molecule has 0 aliphatic heterocycles. The van der Waals surface area contributed by atoms with Crippen molar-refractivity contribution < 1.29 is 19.1 Å². The molecule has 0 spiro atoms. The Balaban J connectivity index is 0.000000271. The van der Waals surface area contributed by atoms with Gasteiger partial charge in [-0.3, -0.25) is 9.59 Å². The molecule has 4 heteroatoms. The second-order valence-corrected chi connectivity index (χ2v) is 6.37. The molecule has 0 N–H and O–H groups in total. The van der Waals surface area contributed by atoms with Crippen molar-refractivity contribution in [1.29, 1.82) is 0 Å². The Morgan fingerprint density at radius 2 is 1.22 bits per heavy atom. The molecular weight excluding hydrogens is 340 g/mol. The van der Waals surface area contributed by atoms with E-state index in [1.165, 1.54) is 11.1 Å². The first-order valence-electron chi connectivity index (χ1n) is 9.43. The summed E-state index contributed by atoms with van der Waals surface area (Å²) in [6.07, 6.45) is 2.04. The fourth-order valence-electron chi connectivity index (χ4n) is 2.11. The lowest BCUT2D eigenvalue weighted by Crippen LogP contribution is -2.13. The number of benzene rings is 2. The van der Waals surface area contributed by atoms with E-state index in [-0.39, 0.29) is 17.9 Å². The van der Waals surface area contributed by atoms with Gasteiger partial charge in [-0.2, -0.15) is 0 Å². The average Bonchev–Trinajstić information content (AvgIpc) is 2.70. The third-order valence-corrected chi connectivity index (χ3v) is 3.73. The zero-order chi connectivity index (χ0) is 19.9. The monoisotopic (exact) mass is 370 g/mol. The highest BCUT2D eigenvalue weighted by Gasteiger charge is 2.07. The van der Waals surface area contributed by atoms with Crippen LogP contribution >= 0.6 is 0 Å². The summed E-state index contributed by atoms with van der Waals surface area (Å²) in [6, 6.07) is 20.0. The molecular formula is C23H30O4. The molecule has 146 valence electrons. The van der Waals surface area contributed by atoms with Crippen LogP contribution in [-0.2, 0) is 31.9 Å². The van der Waals surface area contributed by atoms with Gasteiger partial charge in [0.1, 0.15) is 0 Å². The van der Waals surface area contributed by atoms with Gasteiger partial charge >= 0.3 is 11.9 Å². The number of ether oxygens (including phenoxy) is 2. The molecule has 0 amide bonds. The minimum atomic E-state index is -0.129. The molecule has 4 nitrogen and oxygen atoms in total. The van der Waals surface area contributed by atoms with E-state index in [1.54, 1.807) is 6.92 Å². The standard InChI is InChI=1S/C12H16O2.C11H14O2/c1-10(2)12(13)14-9-8-11-6-4-3-5-7-11;1-2-11(12)13-9-8-10-6-4-3-5-7-10/h3-7,10H,8-9H2,1-2H3;3-7H,2,8-9H2,1H3. The largest absolute Gasteiger partial charge is 0.465 e. The van der Waals surface area contributed by atoms with Crippen molar-refractivity contribution in [2.45, 2.75) is 40.0 Å². The quantitative estimate of drug-likeness (QED) is 0.637. The molecule has 0 saturated carbocycles. The van der Waals surface area contributed by atoms with Gasteiger partial charge in [0, 0.05) is 19.3 Å². The van der Waals surface area contributed by atoms with E-state index in [9.17, 15) is 9.59 Å². The highest BCUT2D eigenvalue weighted by molar-refractivity contribution is 5.71. The first-order valence-corrected chi connectivity index (χ1v) is 9.43. The van der Waals surface area contributed by atoms with Crippen molar-refractivity contribution in [2.24, 2.45) is 5.92 Å². The molecule has 27 heavy (non-hydrogen) atoms. The maximum Gasteiger partial charge on any atom is 0.308 e. The number of rotatable bonds is 8. The third-order valence-electron chi connectivity index (χ3n) is 3.73. The summed E-state index contributed by atoms with van der Waals surface area (Å²) in [7, 11) is 0. The van der Waals surface area contributed by atoms with Gasteiger partial charge in [-0.25, -0.2) is 0 Å². The van der Waals surface area contributed by atoms with Gasteiger partial charge in [0.15, 0.2) is 0 Å². The predicted molar refractivity (Wildman–Crippen MR) is 107 cm³/mol. The Morgan fingerprint density at radius 1 is 0.778 bits per heavy atom. The van der Waals surface area contributed by atoms with Crippen LogP contribution in [-0.4, -0.2) is 25.2 Å². The van der Waals surface area contributed by atoms with E-state index in [1.807, 2.05) is 74.5 Å². The smallest absolute Gasteiger partial charge is 0.308 e. The molecule has 2 aromatic rings. The lowest BCUT2D eigenvalue weighted by atomic mass is 10.2. The van der Waals surface area contributed by atoms with Gasteiger partial charge in [0.2, 0.25) is 0 Å². The number of esters is 2. The molecule has 2 rings (SSSR count). The maximum absolute atomic E-state index is 11.1. The summed E-state index contributed by atoms with van der Waals surface area (Å²) in [6.45, 7) is 6.43. The molecule has 0 aliphatic carbocycles. The van der Waals surface area contributed by atoms with Crippen molar-refractivity contribution in [3.8, 4) is 0 Å². The molecule has 0 radical (unpaired) electrons. The lowest BCUT2D eigenvalue weighted by Gasteiger charge is -2.06. The van der Waals surface area contributed by atoms with Crippen molar-refractivity contribution in [2.75, 3.05) is 13.2 Å². The molecule has 0 unspecified atom stereocenters. The van der Waals surface area contributed by atoms with Gasteiger partial charge in [-0.05, 0) is 11.1 Å². The van der Waals surface area contributed by atoms with Gasteiger partial charge in [0.05, 0.1) is 19.1 Å². The van der Waals surface area contributed by atoms with Gasteiger partial charge in [-0.15, -0.1) is 0 Å². The minimum Gasteiger partial charge on any atom is -0.465 e. The van der Waals surface area contributed by atoms with E-state index < -0.39 is 0 Å². The van der Waals surface area contributed by atoms with Crippen molar-refractivity contribution in [1.82, 2.24) is 0 Å². The highest BCUT2D eigenvalue weighted by atomic mass is 16.5. The van der Waals surface area contributed by atoms with Crippen molar-refractivity contribution >= 4 is 11.9 Å². The van der Waals surface area contributed by atoms with Crippen molar-refractivity contribution in [3.63, 3.8) is 0 Å². The normalized spacial score (nSPS) is 9.93. The summed E-state index contributed by atoms with van der Waals surface area (Å²) >= 11 is 0. The number of carbonyl (C=O) groups is 2. The average molecular weight is 370 g/mol. The second-order valence-electron chi connectivity index (χ2n) is 6.37. The summed E-state index contributed by atoms with van der Waals surface area (Å²) < 4.78 is 10.0. The Labute approximate surface area is 162 Å². The molecule has 0 aliphatic rings. The maximum atomic E-state index is 11.1. The van der Waals surface area contributed by atoms with E-state index in [2.05, 4.69) is 0 Å². The Morgan fingerprint density at radius 3 is 1.63 bits per heavy atom. The molecule has 0 aromatic heterocycles. The van der Waals surface area contributed by atoms with Crippen LogP contribution in [0.5, 0.6) is 0 Å². The number of hydrogen-bond donors (Lipinski definition) is 0. The second kappa shape index (κ2) is 13.6. The molecule has 0 fully saturated rings. The zero-order valence-electron chi connectivity index (χ0n) is 16.5. The van der Waals surface area contributed by atoms with Crippen LogP contribution in [0.1, 0.15) is 38.3 Å². The SMILES string of the molecule is CC(C)C(=O)OCCc1ccccc1.CCC(=O)OCCc1ccccc1. The topological polar surface area (TPSA) is 52.6 Å². The molecule has 0 heterocycles. The number of carbonyl (C=O) groups excluding carboxylic acids is 2. The van der Waals surface area contributed by atoms with E-state index in [4.69, 9.17) is 9.47 Å². The highest BCUT2D eigenvalue weighted by Crippen LogP contribution is 2.02. The molecule has 2 aromatic carbocycles. The predicted octanol–water partition coefficient (Wildman–Crippen LogP) is 4.61. The summed E-state index contributed by atoms with van der Waals surface area (Å²) in [5.41, 5.74) is 2.40. The Kier molecular flexibility index (Phi) is 11.3. The van der Waals surface area contributed by atoms with Crippen LogP contribution in [0.2, 0.25) is 0 Å². The first-order chi connectivity index (χ1) is 13.0. The van der Waals surface area contributed by atoms with Gasteiger partial charge < -0.3 is 9.47 Å². The van der Waals surface area contributed by atoms with Crippen LogP contribution < -0.4 is 0 Å². The zero-order valence-corrected chi connectivity index (χ0v) is 16.5. The number of hydrogen-bond acceptors (Lipinski definition) is 4. The van der Waals surface area contributed by atoms with Crippen molar-refractivity contribution in [3.05, 3.63) is 71.8 Å². The fraction of sp³-hybridized carbons (Fsp3) is 0.391. The fourth-order valence-corrected chi connectivity index (χ4v) is 2.11. The summed E-state index contributed by atoms with van der Waals surface area (Å²) in [4.78, 5) is 21.9. The van der Waals surface area contributed by atoms with Gasteiger partial charge in [-0.1, -0.05) is 81.4 Å². The van der Waals surface area contributed by atoms with E-state index in [0.29, 0.717) is 19.6 Å². The minimum absolute atomic E-state index is 0.0363. The lowest BCUT2D eigenvalue weighted by molar-refractivity contribution is -0.147. The van der Waals surface area contributed by atoms with Gasteiger partial charge in [0.25, 0.3) is 0 Å². The van der Waals surface area contributed by atoms with E-state index >= 15 is 0 Å². The van der Waals surface area contributed by atoms with Crippen LogP contribution in [0.25, 0.3) is 0 Å². The van der Waals surface area contributed by atoms with E-state index in [0.717, 1.165) is 12.8 Å². The Hall–Kier alpha value is -2.62. The van der Waals surface area contributed by atoms with Crippen LogP contribution in [0.3, 0.4) is 0 Å². The van der Waals surface area contributed by atoms with Crippen LogP contribution in [0.4, 0.5) is 0 Å². The molecule has 0 bridgehead atoms. The summed E-state index contributed by atoms with van der Waals surface area (Å²) in [5.74, 6) is -0.289. The first kappa shape index (κ1) is 22.4.